The van der Waals surface area contributed by atoms with Crippen molar-refractivity contribution in [2.24, 2.45) is 0 Å². The summed E-state index contributed by atoms with van der Waals surface area (Å²) in [7, 11) is 0. The van der Waals surface area contributed by atoms with Gasteiger partial charge in [0, 0.05) is 6.54 Å². The van der Waals surface area contributed by atoms with Crippen LogP contribution in [0.25, 0.3) is 0 Å². The van der Waals surface area contributed by atoms with Crippen molar-refractivity contribution in [1.29, 1.82) is 0 Å². The molecule has 0 spiro atoms. The lowest BCUT2D eigenvalue weighted by atomic mass is 10.2. The van der Waals surface area contributed by atoms with Crippen molar-refractivity contribution in [2.75, 3.05) is 0 Å². The largest absolute Gasteiger partial charge is 0.329 e. The fraction of sp³-hybridized carbons (Fsp3) is 0.455. The van der Waals surface area contributed by atoms with Crippen molar-refractivity contribution >= 4 is 11.6 Å². The van der Waals surface area contributed by atoms with Crippen molar-refractivity contribution < 1.29 is 0 Å². The average Bonchev–Trinajstić information content (AvgIpc) is 2.82. The number of nitrogens with one attached hydrogen (secondary N) is 1. The highest BCUT2D eigenvalue weighted by atomic mass is 35.5. The van der Waals surface area contributed by atoms with Gasteiger partial charge in [-0.25, -0.2) is 4.79 Å². The minimum Gasteiger partial charge on any atom is -0.316 e. The Labute approximate surface area is 113 Å². The van der Waals surface area contributed by atoms with E-state index in [1.807, 2.05) is 6.92 Å². The smallest absolute Gasteiger partial charge is 0.316 e. The summed E-state index contributed by atoms with van der Waals surface area (Å²) in [4.78, 5) is 26.5. The molecule has 0 aliphatic carbocycles. The van der Waals surface area contributed by atoms with E-state index in [1.54, 1.807) is 17.8 Å². The van der Waals surface area contributed by atoms with Crippen LogP contribution >= 0.6 is 11.6 Å². The van der Waals surface area contributed by atoms with Crippen LogP contribution in [0.1, 0.15) is 25.2 Å². The first-order valence-corrected chi connectivity index (χ1v) is 6.34. The number of aromatic amines is 1. The summed E-state index contributed by atoms with van der Waals surface area (Å²) in [6.45, 7) is 4.48. The van der Waals surface area contributed by atoms with E-state index in [0.717, 1.165) is 4.57 Å². The quantitative estimate of drug-likeness (QED) is 0.824. The van der Waals surface area contributed by atoms with E-state index >= 15 is 0 Å². The van der Waals surface area contributed by atoms with Crippen molar-refractivity contribution in [3.63, 3.8) is 0 Å². The van der Waals surface area contributed by atoms with Gasteiger partial charge in [-0.15, -0.1) is 10.2 Å². The SMILES string of the molecule is CCc1c(Cl)[nH]c(=O)n(Cc2nncn2CC)c1=O. The maximum Gasteiger partial charge on any atom is 0.329 e. The van der Waals surface area contributed by atoms with E-state index in [-0.39, 0.29) is 17.3 Å². The second-order valence-electron chi connectivity index (χ2n) is 4.00. The highest BCUT2D eigenvalue weighted by Crippen LogP contribution is 2.06. The molecule has 0 aromatic carbocycles. The Hall–Kier alpha value is -1.89. The molecule has 0 bridgehead atoms. The Balaban J connectivity index is 2.52. The van der Waals surface area contributed by atoms with E-state index < -0.39 is 5.69 Å². The van der Waals surface area contributed by atoms with Gasteiger partial charge >= 0.3 is 5.69 Å². The van der Waals surface area contributed by atoms with E-state index in [4.69, 9.17) is 11.6 Å². The summed E-state index contributed by atoms with van der Waals surface area (Å²) in [6.07, 6.45) is 2.01. The summed E-state index contributed by atoms with van der Waals surface area (Å²) in [6, 6.07) is 0. The van der Waals surface area contributed by atoms with Crippen molar-refractivity contribution in [2.45, 2.75) is 33.4 Å². The van der Waals surface area contributed by atoms with Gasteiger partial charge in [-0.2, -0.15) is 0 Å². The molecule has 0 saturated heterocycles. The molecule has 0 atom stereocenters. The fourth-order valence-electron chi connectivity index (χ4n) is 1.84. The molecular formula is C11H14ClN5O2. The van der Waals surface area contributed by atoms with E-state index in [9.17, 15) is 9.59 Å². The first-order chi connectivity index (χ1) is 9.08. The Morgan fingerprint density at radius 2 is 2.11 bits per heavy atom. The molecule has 1 N–H and O–H groups in total. The van der Waals surface area contributed by atoms with Crippen LogP contribution in [0, 0.1) is 0 Å². The number of rotatable bonds is 4. The maximum absolute atomic E-state index is 12.2. The third kappa shape index (κ3) is 2.46. The number of aryl methyl sites for hydroxylation is 1. The van der Waals surface area contributed by atoms with Crippen LogP contribution in [-0.2, 0) is 19.5 Å². The second-order valence-corrected chi connectivity index (χ2v) is 4.38. The van der Waals surface area contributed by atoms with Crippen LogP contribution in [0.5, 0.6) is 0 Å². The zero-order chi connectivity index (χ0) is 14.0. The zero-order valence-corrected chi connectivity index (χ0v) is 11.4. The number of H-pyrrole nitrogens is 1. The molecule has 2 heterocycles. The Kier molecular flexibility index (Phi) is 3.84. The number of nitrogens with zero attached hydrogens (tertiary/aromatic N) is 4. The predicted molar refractivity (Wildman–Crippen MR) is 70.5 cm³/mol. The molecule has 2 aromatic rings. The van der Waals surface area contributed by atoms with Crippen molar-refractivity contribution in [1.82, 2.24) is 24.3 Å². The van der Waals surface area contributed by atoms with Gasteiger partial charge in [0.05, 0.1) is 12.1 Å². The van der Waals surface area contributed by atoms with Gasteiger partial charge in [0.2, 0.25) is 0 Å². The van der Waals surface area contributed by atoms with Gasteiger partial charge in [0.15, 0.2) is 5.82 Å². The highest BCUT2D eigenvalue weighted by Gasteiger charge is 2.13. The zero-order valence-electron chi connectivity index (χ0n) is 10.7. The molecule has 2 aromatic heterocycles. The summed E-state index contributed by atoms with van der Waals surface area (Å²) < 4.78 is 2.85. The van der Waals surface area contributed by atoms with E-state index in [0.29, 0.717) is 24.4 Å². The third-order valence-corrected chi connectivity index (χ3v) is 3.24. The maximum atomic E-state index is 12.2. The normalized spacial score (nSPS) is 10.9. The lowest BCUT2D eigenvalue weighted by Crippen LogP contribution is -2.38. The molecule has 0 aliphatic rings. The first kappa shape index (κ1) is 13.5. The Morgan fingerprint density at radius 1 is 1.37 bits per heavy atom. The number of hydrogen-bond acceptors (Lipinski definition) is 4. The van der Waals surface area contributed by atoms with Crippen LogP contribution in [0.15, 0.2) is 15.9 Å². The topological polar surface area (TPSA) is 85.6 Å². The lowest BCUT2D eigenvalue weighted by molar-refractivity contribution is 0.610. The fourth-order valence-corrected chi connectivity index (χ4v) is 2.14. The minimum absolute atomic E-state index is 0.0756. The molecule has 0 unspecified atom stereocenters. The number of halogens is 1. The summed E-state index contributed by atoms with van der Waals surface area (Å²) in [5.74, 6) is 0.555. The highest BCUT2D eigenvalue weighted by molar-refractivity contribution is 6.30. The van der Waals surface area contributed by atoms with E-state index in [1.165, 1.54) is 0 Å². The van der Waals surface area contributed by atoms with Gasteiger partial charge in [-0.3, -0.25) is 14.3 Å². The van der Waals surface area contributed by atoms with Gasteiger partial charge in [-0.05, 0) is 13.3 Å². The molecule has 102 valence electrons. The van der Waals surface area contributed by atoms with Crippen LogP contribution in [0.3, 0.4) is 0 Å². The van der Waals surface area contributed by atoms with Gasteiger partial charge in [0.25, 0.3) is 5.56 Å². The van der Waals surface area contributed by atoms with Gasteiger partial charge in [0.1, 0.15) is 11.5 Å². The van der Waals surface area contributed by atoms with Crippen molar-refractivity contribution in [3.8, 4) is 0 Å². The van der Waals surface area contributed by atoms with Crippen LogP contribution in [-0.4, -0.2) is 24.3 Å². The molecule has 0 aliphatic heterocycles. The molecule has 19 heavy (non-hydrogen) atoms. The van der Waals surface area contributed by atoms with Crippen LogP contribution < -0.4 is 11.2 Å². The summed E-state index contributed by atoms with van der Waals surface area (Å²) >= 11 is 5.85. The molecule has 8 heteroatoms. The summed E-state index contributed by atoms with van der Waals surface area (Å²) in [5.41, 5.74) is -0.538. The minimum atomic E-state index is -0.544. The predicted octanol–water partition coefficient (Wildman–Crippen LogP) is 0.412. The van der Waals surface area contributed by atoms with Crippen LogP contribution in [0.2, 0.25) is 5.15 Å². The Bertz CT molecular complexity index is 700. The standard InChI is InChI=1S/C11H14ClN5O2/c1-3-7-9(12)14-11(19)17(10(7)18)5-8-15-13-6-16(8)4-2/h6H,3-5H2,1-2H3,(H,14,19). The molecule has 0 fully saturated rings. The molecule has 0 amide bonds. The lowest BCUT2D eigenvalue weighted by Gasteiger charge is -2.08. The second kappa shape index (κ2) is 5.40. The average molecular weight is 284 g/mol. The molecular weight excluding hydrogens is 270 g/mol. The number of aromatic nitrogens is 5. The number of hydrogen-bond donors (Lipinski definition) is 1. The van der Waals surface area contributed by atoms with E-state index in [2.05, 4.69) is 15.2 Å². The summed E-state index contributed by atoms with van der Waals surface area (Å²) in [5, 5.41) is 7.78. The van der Waals surface area contributed by atoms with Crippen molar-refractivity contribution in [3.05, 3.63) is 43.7 Å². The third-order valence-electron chi connectivity index (χ3n) is 2.92. The molecule has 0 radical (unpaired) electrons. The van der Waals surface area contributed by atoms with Gasteiger partial charge in [-0.1, -0.05) is 18.5 Å². The monoisotopic (exact) mass is 283 g/mol. The molecule has 7 nitrogen and oxygen atoms in total. The molecule has 2 rings (SSSR count). The van der Waals surface area contributed by atoms with Gasteiger partial charge < -0.3 is 4.57 Å². The molecule has 0 saturated carbocycles. The Morgan fingerprint density at radius 3 is 2.74 bits per heavy atom. The van der Waals surface area contributed by atoms with Crippen LogP contribution in [0.4, 0.5) is 0 Å². The first-order valence-electron chi connectivity index (χ1n) is 5.96.